The Kier molecular flexibility index (Phi) is 10.8. The lowest BCUT2D eigenvalue weighted by Crippen LogP contribution is -2.56. The van der Waals surface area contributed by atoms with E-state index >= 15 is 0 Å². The summed E-state index contributed by atoms with van der Waals surface area (Å²) >= 11 is 1.47. The van der Waals surface area contributed by atoms with Crippen molar-refractivity contribution in [2.24, 2.45) is 11.7 Å². The first kappa shape index (κ1) is 23.2. The van der Waals surface area contributed by atoms with E-state index in [1.165, 1.54) is 18.7 Å². The monoisotopic (exact) mass is 376 g/mol. The molecule has 0 aromatic rings. The number of hydrogen-bond donors (Lipinski definition) is 5. The van der Waals surface area contributed by atoms with Gasteiger partial charge in [-0.3, -0.25) is 14.4 Å². The fraction of sp³-hybridized carbons (Fsp3) is 0.733. The van der Waals surface area contributed by atoms with Crippen molar-refractivity contribution in [3.8, 4) is 0 Å². The average Bonchev–Trinajstić information content (AvgIpc) is 2.54. The normalized spacial score (nSPS) is 14.3. The number of carboxylic acids is 1. The second kappa shape index (κ2) is 11.7. The van der Waals surface area contributed by atoms with E-state index in [1.807, 2.05) is 6.26 Å². The number of carboxylic acid groups (broad SMARTS) is 1. The zero-order chi connectivity index (χ0) is 19.6. The van der Waals surface area contributed by atoms with Gasteiger partial charge in [-0.05, 0) is 31.3 Å². The lowest BCUT2D eigenvalue weighted by Gasteiger charge is -2.24. The van der Waals surface area contributed by atoms with Crippen molar-refractivity contribution in [3.05, 3.63) is 0 Å². The van der Waals surface area contributed by atoms with Crippen LogP contribution in [-0.2, 0) is 19.2 Å². The minimum atomic E-state index is -1.13. The molecule has 0 aliphatic heterocycles. The van der Waals surface area contributed by atoms with Crippen LogP contribution >= 0.6 is 11.8 Å². The number of carbonyl (C=O) groups is 4. The molecule has 9 nitrogen and oxygen atoms in total. The highest BCUT2D eigenvalue weighted by Gasteiger charge is 2.28. The number of thioether (sulfide) groups is 1. The minimum Gasteiger partial charge on any atom is -0.480 e. The van der Waals surface area contributed by atoms with Gasteiger partial charge in [-0.1, -0.05) is 13.8 Å². The van der Waals surface area contributed by atoms with Gasteiger partial charge in [0.2, 0.25) is 17.7 Å². The van der Waals surface area contributed by atoms with E-state index in [9.17, 15) is 19.2 Å². The summed E-state index contributed by atoms with van der Waals surface area (Å²) in [5.74, 6) is -2.37. The van der Waals surface area contributed by atoms with Crippen molar-refractivity contribution < 1.29 is 24.3 Å². The fourth-order valence-electron chi connectivity index (χ4n) is 1.93. The van der Waals surface area contributed by atoms with Crippen molar-refractivity contribution >= 4 is 35.5 Å². The van der Waals surface area contributed by atoms with Gasteiger partial charge in [-0.15, -0.1) is 0 Å². The highest BCUT2D eigenvalue weighted by molar-refractivity contribution is 7.98. The third kappa shape index (κ3) is 8.73. The van der Waals surface area contributed by atoms with E-state index in [2.05, 4.69) is 16.0 Å². The van der Waals surface area contributed by atoms with Crippen LogP contribution in [0.25, 0.3) is 0 Å². The highest BCUT2D eigenvalue weighted by atomic mass is 32.2. The standard InChI is InChI=1S/C15H28N4O5S/c1-8(2)12(19-11(20)7-16)14(22)17-9(3)13(21)18-10(15(23)24)5-6-25-4/h8-10,12H,5-7,16H2,1-4H3,(H,17,22)(H,18,21)(H,19,20)(H,23,24). The van der Waals surface area contributed by atoms with E-state index in [0.717, 1.165) is 0 Å². The van der Waals surface area contributed by atoms with E-state index < -0.39 is 41.8 Å². The molecule has 25 heavy (non-hydrogen) atoms. The van der Waals surface area contributed by atoms with Crippen molar-refractivity contribution in [2.75, 3.05) is 18.6 Å². The number of amides is 3. The number of carbonyl (C=O) groups excluding carboxylic acids is 3. The van der Waals surface area contributed by atoms with E-state index in [4.69, 9.17) is 10.8 Å². The average molecular weight is 376 g/mol. The molecule has 3 unspecified atom stereocenters. The third-order valence-corrected chi connectivity index (χ3v) is 4.07. The Balaban J connectivity index is 4.78. The minimum absolute atomic E-state index is 0.209. The molecular weight excluding hydrogens is 348 g/mol. The quantitative estimate of drug-likeness (QED) is 0.307. The number of nitrogens with two attached hydrogens (primary N) is 1. The molecule has 3 amide bonds. The summed E-state index contributed by atoms with van der Waals surface area (Å²) in [6.07, 6.45) is 2.12. The fourth-order valence-corrected chi connectivity index (χ4v) is 2.40. The summed E-state index contributed by atoms with van der Waals surface area (Å²) in [5, 5.41) is 16.5. The molecule has 0 fully saturated rings. The molecule has 10 heteroatoms. The van der Waals surface area contributed by atoms with Crippen LogP contribution in [0.4, 0.5) is 0 Å². The Hall–Kier alpha value is -1.81. The first-order valence-corrected chi connectivity index (χ1v) is 9.35. The van der Waals surface area contributed by atoms with Gasteiger partial charge in [0.15, 0.2) is 0 Å². The van der Waals surface area contributed by atoms with Crippen LogP contribution in [-0.4, -0.2) is 65.5 Å². The zero-order valence-corrected chi connectivity index (χ0v) is 15.8. The summed E-state index contributed by atoms with van der Waals surface area (Å²) in [4.78, 5) is 47.0. The molecular formula is C15H28N4O5S. The molecule has 0 saturated carbocycles. The first-order valence-electron chi connectivity index (χ1n) is 7.95. The molecule has 0 aliphatic rings. The Morgan fingerprint density at radius 2 is 1.64 bits per heavy atom. The molecule has 0 heterocycles. The summed E-state index contributed by atoms with van der Waals surface area (Å²) in [7, 11) is 0. The van der Waals surface area contributed by atoms with Crippen molar-refractivity contribution in [1.82, 2.24) is 16.0 Å². The Bertz CT molecular complexity index is 487. The van der Waals surface area contributed by atoms with E-state index in [1.54, 1.807) is 13.8 Å². The molecule has 0 aliphatic carbocycles. The first-order chi connectivity index (χ1) is 11.6. The molecule has 144 valence electrons. The van der Waals surface area contributed by atoms with Gasteiger partial charge in [-0.25, -0.2) is 4.79 Å². The van der Waals surface area contributed by atoms with E-state index in [-0.39, 0.29) is 18.9 Å². The van der Waals surface area contributed by atoms with Gasteiger partial charge in [-0.2, -0.15) is 11.8 Å². The van der Waals surface area contributed by atoms with Crippen LogP contribution in [0.3, 0.4) is 0 Å². The number of rotatable bonds is 11. The molecule has 0 aromatic carbocycles. The summed E-state index contributed by atoms with van der Waals surface area (Å²) in [6.45, 7) is 4.69. The summed E-state index contributed by atoms with van der Waals surface area (Å²) < 4.78 is 0. The molecule has 0 radical (unpaired) electrons. The predicted molar refractivity (Wildman–Crippen MR) is 96.0 cm³/mol. The van der Waals surface area contributed by atoms with Gasteiger partial charge in [0.05, 0.1) is 6.54 Å². The topological polar surface area (TPSA) is 151 Å². The predicted octanol–water partition coefficient (Wildman–Crippen LogP) is -1.09. The van der Waals surface area contributed by atoms with Gasteiger partial charge in [0.25, 0.3) is 0 Å². The smallest absolute Gasteiger partial charge is 0.326 e. The molecule has 0 saturated heterocycles. The molecule has 3 atom stereocenters. The summed E-state index contributed by atoms with van der Waals surface area (Å²) in [5.41, 5.74) is 5.23. The second-order valence-electron chi connectivity index (χ2n) is 5.90. The number of nitrogens with one attached hydrogen (secondary N) is 3. The van der Waals surface area contributed by atoms with Crippen molar-refractivity contribution in [3.63, 3.8) is 0 Å². The van der Waals surface area contributed by atoms with Crippen LogP contribution in [0.15, 0.2) is 0 Å². The maximum absolute atomic E-state index is 12.3. The molecule has 0 spiro atoms. The Morgan fingerprint density at radius 3 is 2.08 bits per heavy atom. The largest absolute Gasteiger partial charge is 0.480 e. The lowest BCUT2D eigenvalue weighted by atomic mass is 10.0. The number of aliphatic carboxylic acids is 1. The van der Waals surface area contributed by atoms with Crippen LogP contribution in [0, 0.1) is 5.92 Å². The Morgan fingerprint density at radius 1 is 1.04 bits per heavy atom. The van der Waals surface area contributed by atoms with Gasteiger partial charge in [0.1, 0.15) is 18.1 Å². The van der Waals surface area contributed by atoms with Crippen LogP contribution < -0.4 is 21.7 Å². The number of hydrogen-bond acceptors (Lipinski definition) is 6. The molecule has 0 rings (SSSR count). The van der Waals surface area contributed by atoms with Crippen molar-refractivity contribution in [2.45, 2.75) is 45.3 Å². The molecule has 0 aromatic heterocycles. The van der Waals surface area contributed by atoms with Crippen LogP contribution in [0.1, 0.15) is 27.2 Å². The van der Waals surface area contributed by atoms with Crippen LogP contribution in [0.5, 0.6) is 0 Å². The third-order valence-electron chi connectivity index (χ3n) is 3.43. The van der Waals surface area contributed by atoms with Crippen molar-refractivity contribution in [1.29, 1.82) is 0 Å². The summed E-state index contributed by atoms with van der Waals surface area (Å²) in [6, 6.07) is -2.80. The van der Waals surface area contributed by atoms with Gasteiger partial charge >= 0.3 is 5.97 Å². The molecule has 6 N–H and O–H groups in total. The van der Waals surface area contributed by atoms with E-state index in [0.29, 0.717) is 5.75 Å². The maximum Gasteiger partial charge on any atom is 0.326 e. The van der Waals surface area contributed by atoms with Gasteiger partial charge < -0.3 is 26.8 Å². The van der Waals surface area contributed by atoms with Gasteiger partial charge in [0, 0.05) is 0 Å². The SMILES string of the molecule is CSCCC(NC(=O)C(C)NC(=O)C(NC(=O)CN)C(C)C)C(=O)O. The highest BCUT2D eigenvalue weighted by Crippen LogP contribution is 2.04. The van der Waals surface area contributed by atoms with Crippen LogP contribution in [0.2, 0.25) is 0 Å². The zero-order valence-electron chi connectivity index (χ0n) is 15.0. The second-order valence-corrected chi connectivity index (χ2v) is 6.89. The molecule has 0 bridgehead atoms. The maximum atomic E-state index is 12.3. The Labute approximate surface area is 151 Å². The lowest BCUT2D eigenvalue weighted by molar-refractivity contribution is -0.142.